The van der Waals surface area contributed by atoms with Gasteiger partial charge >= 0.3 is 0 Å². The van der Waals surface area contributed by atoms with E-state index in [1.54, 1.807) is 6.07 Å². The molecule has 0 bridgehead atoms. The van der Waals surface area contributed by atoms with E-state index in [9.17, 15) is 0 Å². The van der Waals surface area contributed by atoms with E-state index < -0.39 is 0 Å². The highest BCUT2D eigenvalue weighted by Gasteiger charge is 2.06. The molecule has 0 aliphatic carbocycles. The average molecular weight is 250 g/mol. The fourth-order valence-electron chi connectivity index (χ4n) is 1.43. The van der Waals surface area contributed by atoms with Crippen molar-refractivity contribution in [3.63, 3.8) is 0 Å². The summed E-state index contributed by atoms with van der Waals surface area (Å²) in [6, 6.07) is 5.36. The van der Waals surface area contributed by atoms with Crippen LogP contribution in [0, 0.1) is 6.92 Å². The SMILES string of the molecule is CCc1nc(C)ccc1Oc1cc(Cl)ncn1. The first kappa shape index (κ1) is 11.8. The van der Waals surface area contributed by atoms with Gasteiger partial charge in [-0.3, -0.25) is 4.98 Å². The molecule has 0 spiro atoms. The van der Waals surface area contributed by atoms with Crippen molar-refractivity contribution in [3.05, 3.63) is 41.1 Å². The molecule has 2 heterocycles. The van der Waals surface area contributed by atoms with Crippen LogP contribution in [0.1, 0.15) is 18.3 Å². The minimum atomic E-state index is 0.355. The average Bonchev–Trinajstić information content (AvgIpc) is 2.31. The Kier molecular flexibility index (Phi) is 3.54. The molecule has 0 saturated heterocycles. The molecule has 0 aromatic carbocycles. The van der Waals surface area contributed by atoms with E-state index in [1.807, 2.05) is 26.0 Å². The minimum Gasteiger partial charge on any atom is -0.437 e. The van der Waals surface area contributed by atoms with Crippen LogP contribution in [0.15, 0.2) is 24.5 Å². The molecule has 0 unspecified atom stereocenters. The van der Waals surface area contributed by atoms with Gasteiger partial charge in [0.05, 0.1) is 5.69 Å². The highest BCUT2D eigenvalue weighted by molar-refractivity contribution is 6.29. The summed E-state index contributed by atoms with van der Waals surface area (Å²) in [4.78, 5) is 12.2. The van der Waals surface area contributed by atoms with E-state index in [-0.39, 0.29) is 0 Å². The minimum absolute atomic E-state index is 0.355. The maximum absolute atomic E-state index is 5.76. The van der Waals surface area contributed by atoms with E-state index in [4.69, 9.17) is 16.3 Å². The van der Waals surface area contributed by atoms with Gasteiger partial charge < -0.3 is 4.74 Å². The van der Waals surface area contributed by atoms with Crippen molar-refractivity contribution >= 4 is 11.6 Å². The first-order valence-electron chi connectivity index (χ1n) is 5.31. The van der Waals surface area contributed by atoms with Gasteiger partial charge in [0.2, 0.25) is 5.88 Å². The van der Waals surface area contributed by atoms with Gasteiger partial charge in [-0.1, -0.05) is 18.5 Å². The summed E-state index contributed by atoms with van der Waals surface area (Å²) in [5, 5.41) is 0.355. The third-order valence-corrected chi connectivity index (χ3v) is 2.44. The molecule has 0 fully saturated rings. The van der Waals surface area contributed by atoms with E-state index >= 15 is 0 Å². The topological polar surface area (TPSA) is 47.9 Å². The van der Waals surface area contributed by atoms with E-state index in [2.05, 4.69) is 15.0 Å². The van der Waals surface area contributed by atoms with Crippen LogP contribution in [0.2, 0.25) is 5.15 Å². The first-order chi connectivity index (χ1) is 8.19. The molecule has 88 valence electrons. The molecule has 5 heteroatoms. The van der Waals surface area contributed by atoms with Crippen molar-refractivity contribution < 1.29 is 4.74 Å². The lowest BCUT2D eigenvalue weighted by atomic mass is 10.2. The molecule has 17 heavy (non-hydrogen) atoms. The zero-order valence-corrected chi connectivity index (χ0v) is 10.4. The fraction of sp³-hybridized carbons (Fsp3) is 0.250. The summed E-state index contributed by atoms with van der Waals surface area (Å²) in [6.07, 6.45) is 2.17. The molecule has 2 aromatic heterocycles. The van der Waals surface area contributed by atoms with Crippen molar-refractivity contribution in [1.82, 2.24) is 15.0 Å². The molecule has 0 saturated carbocycles. The molecule has 4 nitrogen and oxygen atoms in total. The zero-order chi connectivity index (χ0) is 12.3. The molecule has 0 amide bonds. The van der Waals surface area contributed by atoms with Gasteiger partial charge in [-0.15, -0.1) is 0 Å². The van der Waals surface area contributed by atoms with E-state index in [1.165, 1.54) is 6.33 Å². The maximum Gasteiger partial charge on any atom is 0.223 e. The lowest BCUT2D eigenvalue weighted by Crippen LogP contribution is -1.97. The van der Waals surface area contributed by atoms with Crippen LogP contribution in [-0.4, -0.2) is 15.0 Å². The first-order valence-corrected chi connectivity index (χ1v) is 5.68. The largest absolute Gasteiger partial charge is 0.437 e. The van der Waals surface area contributed by atoms with Crippen molar-refractivity contribution in [2.24, 2.45) is 0 Å². The second-order valence-electron chi connectivity index (χ2n) is 3.53. The van der Waals surface area contributed by atoms with Gasteiger partial charge in [-0.25, -0.2) is 9.97 Å². The molecular weight excluding hydrogens is 238 g/mol. The Morgan fingerprint density at radius 1 is 1.29 bits per heavy atom. The van der Waals surface area contributed by atoms with Crippen LogP contribution in [0.25, 0.3) is 0 Å². The van der Waals surface area contributed by atoms with E-state index in [0.717, 1.165) is 17.8 Å². The van der Waals surface area contributed by atoms with Gasteiger partial charge in [0, 0.05) is 11.8 Å². The predicted octanol–water partition coefficient (Wildman–Crippen LogP) is 3.19. The number of hydrogen-bond acceptors (Lipinski definition) is 4. The summed E-state index contributed by atoms with van der Waals surface area (Å²) >= 11 is 5.76. The molecule has 2 rings (SSSR count). The maximum atomic E-state index is 5.76. The van der Waals surface area contributed by atoms with Crippen LogP contribution in [0.5, 0.6) is 11.6 Å². The van der Waals surface area contributed by atoms with Gasteiger partial charge in [0.1, 0.15) is 11.5 Å². The number of hydrogen-bond donors (Lipinski definition) is 0. The zero-order valence-electron chi connectivity index (χ0n) is 9.64. The van der Waals surface area contributed by atoms with Crippen LogP contribution >= 0.6 is 11.6 Å². The van der Waals surface area contributed by atoms with Crippen molar-refractivity contribution in [2.45, 2.75) is 20.3 Å². The summed E-state index contributed by atoms with van der Waals surface area (Å²) in [6.45, 7) is 3.98. The monoisotopic (exact) mass is 249 g/mol. The number of halogens is 1. The molecule has 0 aliphatic heterocycles. The smallest absolute Gasteiger partial charge is 0.223 e. The van der Waals surface area contributed by atoms with Crippen LogP contribution < -0.4 is 4.74 Å². The lowest BCUT2D eigenvalue weighted by Gasteiger charge is -2.08. The highest BCUT2D eigenvalue weighted by atomic mass is 35.5. The van der Waals surface area contributed by atoms with Gasteiger partial charge in [-0.2, -0.15) is 0 Å². The Bertz CT molecular complexity index is 531. The highest BCUT2D eigenvalue weighted by Crippen LogP contribution is 2.24. The van der Waals surface area contributed by atoms with Gasteiger partial charge in [-0.05, 0) is 25.5 Å². The van der Waals surface area contributed by atoms with Crippen LogP contribution in [0.4, 0.5) is 0 Å². The fourth-order valence-corrected chi connectivity index (χ4v) is 1.57. The Hall–Kier alpha value is -1.68. The summed E-state index contributed by atoms with van der Waals surface area (Å²) < 4.78 is 5.64. The van der Waals surface area contributed by atoms with Crippen LogP contribution in [0.3, 0.4) is 0 Å². The number of aryl methyl sites for hydroxylation is 2. The van der Waals surface area contributed by atoms with Crippen molar-refractivity contribution in [3.8, 4) is 11.6 Å². The second kappa shape index (κ2) is 5.10. The Morgan fingerprint density at radius 2 is 2.12 bits per heavy atom. The summed E-state index contributed by atoms with van der Waals surface area (Å²) in [7, 11) is 0. The Morgan fingerprint density at radius 3 is 2.82 bits per heavy atom. The molecular formula is C12H12ClN3O. The number of ether oxygens (including phenoxy) is 1. The number of pyridine rings is 1. The second-order valence-corrected chi connectivity index (χ2v) is 3.92. The number of nitrogens with zero attached hydrogens (tertiary/aromatic N) is 3. The summed E-state index contributed by atoms with van der Waals surface area (Å²) in [5.41, 5.74) is 1.87. The van der Waals surface area contributed by atoms with Gasteiger partial charge in [0.15, 0.2) is 5.75 Å². The molecule has 0 N–H and O–H groups in total. The quantitative estimate of drug-likeness (QED) is 0.784. The molecule has 0 radical (unpaired) electrons. The standard InChI is InChI=1S/C12H12ClN3O/c1-3-9-10(5-4-8(2)16-9)17-12-6-11(13)14-7-15-12/h4-7H,3H2,1-2H3. The molecule has 0 aliphatic rings. The van der Waals surface area contributed by atoms with Crippen molar-refractivity contribution in [1.29, 1.82) is 0 Å². The lowest BCUT2D eigenvalue weighted by molar-refractivity contribution is 0.452. The normalized spacial score (nSPS) is 10.3. The Balaban J connectivity index is 2.29. The molecule has 0 atom stereocenters. The van der Waals surface area contributed by atoms with Crippen LogP contribution in [-0.2, 0) is 6.42 Å². The summed E-state index contributed by atoms with van der Waals surface area (Å²) in [5.74, 6) is 1.12. The molecule has 2 aromatic rings. The third-order valence-electron chi connectivity index (χ3n) is 2.23. The van der Waals surface area contributed by atoms with Gasteiger partial charge in [0.25, 0.3) is 0 Å². The van der Waals surface area contributed by atoms with E-state index in [0.29, 0.717) is 16.8 Å². The number of aromatic nitrogens is 3. The Labute approximate surface area is 105 Å². The third kappa shape index (κ3) is 2.91. The van der Waals surface area contributed by atoms with Crippen molar-refractivity contribution in [2.75, 3.05) is 0 Å². The number of rotatable bonds is 3. The predicted molar refractivity (Wildman–Crippen MR) is 65.5 cm³/mol.